The van der Waals surface area contributed by atoms with Gasteiger partial charge in [0.05, 0.1) is 11.7 Å². The van der Waals surface area contributed by atoms with Gasteiger partial charge in [0.25, 0.3) is 0 Å². The first-order valence-corrected chi connectivity index (χ1v) is 6.81. The Labute approximate surface area is 118 Å². The summed E-state index contributed by atoms with van der Waals surface area (Å²) in [6.07, 6.45) is 4.35. The largest absolute Gasteiger partial charge is 0.490 e. The van der Waals surface area contributed by atoms with Crippen LogP contribution in [0.1, 0.15) is 31.2 Å². The summed E-state index contributed by atoms with van der Waals surface area (Å²) in [7, 11) is 1.73. The lowest BCUT2D eigenvalue weighted by Gasteiger charge is -2.29. The molecule has 0 aliphatic heterocycles. The number of halogens is 1. The molecule has 0 heterocycles. The molecule has 0 radical (unpaired) electrons. The highest BCUT2D eigenvalue weighted by Crippen LogP contribution is 2.29. The molecule has 19 heavy (non-hydrogen) atoms. The van der Waals surface area contributed by atoms with Crippen LogP contribution in [0.3, 0.4) is 0 Å². The molecule has 3 N–H and O–H groups in total. The highest BCUT2D eigenvalue weighted by molar-refractivity contribution is 6.30. The number of nitrogen functional groups attached to an aromatic ring is 1. The van der Waals surface area contributed by atoms with E-state index in [9.17, 15) is 0 Å². The summed E-state index contributed by atoms with van der Waals surface area (Å²) in [5.74, 6) is 0.576. The van der Waals surface area contributed by atoms with Crippen LogP contribution in [-0.2, 0) is 4.74 Å². The third-order valence-corrected chi connectivity index (χ3v) is 3.67. The molecule has 1 aromatic carbocycles. The van der Waals surface area contributed by atoms with Gasteiger partial charge in [0.1, 0.15) is 17.7 Å². The van der Waals surface area contributed by atoms with E-state index in [1.54, 1.807) is 25.3 Å². The summed E-state index contributed by atoms with van der Waals surface area (Å²) in [6.45, 7) is 0. The van der Waals surface area contributed by atoms with Crippen LogP contribution in [0.25, 0.3) is 0 Å². The van der Waals surface area contributed by atoms with Gasteiger partial charge < -0.3 is 15.2 Å². The Morgan fingerprint density at radius 1 is 1.37 bits per heavy atom. The molecule has 0 spiro atoms. The second-order valence-electron chi connectivity index (χ2n) is 4.82. The lowest BCUT2D eigenvalue weighted by Crippen LogP contribution is -2.30. The molecule has 0 saturated heterocycles. The molecule has 1 aromatic rings. The van der Waals surface area contributed by atoms with Crippen molar-refractivity contribution < 1.29 is 9.47 Å². The molecule has 0 amide bonds. The molecule has 1 aliphatic carbocycles. The van der Waals surface area contributed by atoms with Crippen molar-refractivity contribution in [1.29, 1.82) is 5.41 Å². The molecule has 0 bridgehead atoms. The minimum Gasteiger partial charge on any atom is -0.490 e. The third-order valence-electron chi connectivity index (χ3n) is 3.44. The summed E-state index contributed by atoms with van der Waals surface area (Å²) in [6, 6.07) is 5.15. The Kier molecular flexibility index (Phi) is 4.66. The summed E-state index contributed by atoms with van der Waals surface area (Å²) < 4.78 is 11.4. The van der Waals surface area contributed by atoms with E-state index in [1.807, 2.05) is 0 Å². The van der Waals surface area contributed by atoms with Crippen LogP contribution in [0.5, 0.6) is 5.75 Å². The standard InChI is InChI=1S/C14H19ClN2O2/c1-18-10-3-2-4-11(8-10)19-13-7-9(15)5-6-12(13)14(16)17/h5-7,10-11H,2-4,8H2,1H3,(H3,16,17). The molecule has 2 unspecified atom stereocenters. The number of benzene rings is 1. The Hall–Kier alpha value is -1.26. The van der Waals surface area contributed by atoms with Crippen LogP contribution < -0.4 is 10.5 Å². The maximum Gasteiger partial charge on any atom is 0.132 e. The number of hydrogen-bond donors (Lipinski definition) is 2. The second kappa shape index (κ2) is 6.26. The van der Waals surface area contributed by atoms with Crippen molar-refractivity contribution in [2.24, 2.45) is 5.73 Å². The first-order chi connectivity index (χ1) is 9.10. The quantitative estimate of drug-likeness (QED) is 0.659. The topological polar surface area (TPSA) is 68.3 Å². The molecule has 1 aliphatic rings. The van der Waals surface area contributed by atoms with Crippen molar-refractivity contribution in [3.63, 3.8) is 0 Å². The molecular formula is C14H19ClN2O2. The van der Waals surface area contributed by atoms with Crippen LogP contribution in [0.15, 0.2) is 18.2 Å². The van der Waals surface area contributed by atoms with Crippen molar-refractivity contribution in [3.05, 3.63) is 28.8 Å². The number of rotatable bonds is 4. The fourth-order valence-electron chi connectivity index (χ4n) is 2.42. The molecule has 104 valence electrons. The predicted octanol–water partition coefficient (Wildman–Crippen LogP) is 2.96. The van der Waals surface area contributed by atoms with Gasteiger partial charge in [-0.3, -0.25) is 5.41 Å². The predicted molar refractivity (Wildman–Crippen MR) is 76.1 cm³/mol. The Morgan fingerprint density at radius 3 is 2.79 bits per heavy atom. The Morgan fingerprint density at radius 2 is 2.11 bits per heavy atom. The average Bonchev–Trinajstić information content (AvgIpc) is 2.38. The molecule has 2 rings (SSSR count). The second-order valence-corrected chi connectivity index (χ2v) is 5.25. The number of methoxy groups -OCH3 is 1. The van der Waals surface area contributed by atoms with Crippen molar-refractivity contribution in [3.8, 4) is 5.75 Å². The zero-order valence-electron chi connectivity index (χ0n) is 11.0. The van der Waals surface area contributed by atoms with E-state index < -0.39 is 0 Å². The highest BCUT2D eigenvalue weighted by atomic mass is 35.5. The first-order valence-electron chi connectivity index (χ1n) is 6.43. The van der Waals surface area contributed by atoms with Gasteiger partial charge in [0.15, 0.2) is 0 Å². The van der Waals surface area contributed by atoms with Gasteiger partial charge >= 0.3 is 0 Å². The van der Waals surface area contributed by atoms with Crippen molar-refractivity contribution >= 4 is 17.4 Å². The van der Waals surface area contributed by atoms with Gasteiger partial charge in [0.2, 0.25) is 0 Å². The van der Waals surface area contributed by atoms with Gasteiger partial charge in [0, 0.05) is 18.6 Å². The number of nitrogens with two attached hydrogens (primary N) is 1. The maximum atomic E-state index is 7.57. The fraction of sp³-hybridized carbons (Fsp3) is 0.500. The molecule has 2 atom stereocenters. The van der Waals surface area contributed by atoms with Crippen molar-refractivity contribution in [2.75, 3.05) is 7.11 Å². The lowest BCUT2D eigenvalue weighted by molar-refractivity contribution is 0.0209. The summed E-state index contributed by atoms with van der Waals surface area (Å²) >= 11 is 5.98. The summed E-state index contributed by atoms with van der Waals surface area (Å²) in [4.78, 5) is 0. The molecule has 1 saturated carbocycles. The zero-order chi connectivity index (χ0) is 13.8. The smallest absolute Gasteiger partial charge is 0.132 e. The van der Waals surface area contributed by atoms with E-state index >= 15 is 0 Å². The average molecular weight is 283 g/mol. The van der Waals surface area contributed by atoms with Gasteiger partial charge in [-0.1, -0.05) is 11.6 Å². The molecule has 5 heteroatoms. The monoisotopic (exact) mass is 282 g/mol. The Bertz CT molecular complexity index is 465. The molecule has 4 nitrogen and oxygen atoms in total. The highest BCUT2D eigenvalue weighted by Gasteiger charge is 2.24. The molecule has 0 aromatic heterocycles. The summed E-state index contributed by atoms with van der Waals surface area (Å²) in [5.41, 5.74) is 6.15. The van der Waals surface area contributed by atoms with E-state index in [0.717, 1.165) is 25.7 Å². The normalized spacial score (nSPS) is 23.1. The number of nitrogens with one attached hydrogen (secondary N) is 1. The number of amidine groups is 1. The Balaban J connectivity index is 2.13. The lowest BCUT2D eigenvalue weighted by atomic mass is 9.95. The first kappa shape index (κ1) is 14.2. The van der Waals surface area contributed by atoms with E-state index in [0.29, 0.717) is 16.3 Å². The van der Waals surface area contributed by atoms with Gasteiger partial charge in [-0.2, -0.15) is 0 Å². The number of ether oxygens (including phenoxy) is 2. The zero-order valence-corrected chi connectivity index (χ0v) is 11.7. The van der Waals surface area contributed by atoms with Gasteiger partial charge in [-0.05, 0) is 37.5 Å². The molecule has 1 fully saturated rings. The third kappa shape index (κ3) is 3.61. The van der Waals surface area contributed by atoms with Gasteiger partial charge in [-0.15, -0.1) is 0 Å². The van der Waals surface area contributed by atoms with Crippen LogP contribution in [0.4, 0.5) is 0 Å². The van der Waals surface area contributed by atoms with Gasteiger partial charge in [-0.25, -0.2) is 0 Å². The van der Waals surface area contributed by atoms with E-state index in [-0.39, 0.29) is 18.0 Å². The van der Waals surface area contributed by atoms with Crippen molar-refractivity contribution in [2.45, 2.75) is 37.9 Å². The van der Waals surface area contributed by atoms with E-state index in [2.05, 4.69) is 0 Å². The van der Waals surface area contributed by atoms with Crippen LogP contribution >= 0.6 is 11.6 Å². The SMILES string of the molecule is COC1CCCC(Oc2cc(Cl)ccc2C(=N)N)C1. The summed E-state index contributed by atoms with van der Waals surface area (Å²) in [5, 5.41) is 8.15. The maximum absolute atomic E-state index is 7.57. The van der Waals surface area contributed by atoms with Crippen LogP contribution in [0.2, 0.25) is 5.02 Å². The van der Waals surface area contributed by atoms with E-state index in [4.69, 9.17) is 32.2 Å². The minimum absolute atomic E-state index is 0.00855. The van der Waals surface area contributed by atoms with E-state index in [1.165, 1.54) is 0 Å². The molecular weight excluding hydrogens is 264 g/mol. The number of hydrogen-bond acceptors (Lipinski definition) is 3. The van der Waals surface area contributed by atoms with Crippen LogP contribution in [-0.4, -0.2) is 25.2 Å². The minimum atomic E-state index is -0.00855. The van der Waals surface area contributed by atoms with Crippen molar-refractivity contribution in [1.82, 2.24) is 0 Å². The van der Waals surface area contributed by atoms with Crippen LogP contribution in [0, 0.1) is 5.41 Å². The fourth-order valence-corrected chi connectivity index (χ4v) is 2.58.